The van der Waals surface area contributed by atoms with E-state index in [1.807, 2.05) is 18.5 Å². The minimum absolute atomic E-state index is 0.249. The van der Waals surface area contributed by atoms with Crippen LogP contribution in [0.1, 0.15) is 43.0 Å². The molecule has 0 N–H and O–H groups in total. The van der Waals surface area contributed by atoms with E-state index in [1.165, 1.54) is 24.9 Å². The Morgan fingerprint density at radius 3 is 2.73 bits per heavy atom. The lowest BCUT2D eigenvalue weighted by Crippen LogP contribution is -2.38. The zero-order valence-corrected chi connectivity index (χ0v) is 18.2. The van der Waals surface area contributed by atoms with Gasteiger partial charge in [0.1, 0.15) is 0 Å². The van der Waals surface area contributed by atoms with E-state index in [9.17, 15) is 0 Å². The van der Waals surface area contributed by atoms with Gasteiger partial charge >= 0.3 is 0 Å². The van der Waals surface area contributed by atoms with E-state index in [0.29, 0.717) is 17.9 Å². The zero-order valence-electron chi connectivity index (χ0n) is 18.2. The highest BCUT2D eigenvalue weighted by molar-refractivity contribution is 5.09. The number of likely N-dealkylation sites (tertiary alicyclic amines) is 1. The lowest BCUT2D eigenvalue weighted by molar-refractivity contribution is -0.0375. The van der Waals surface area contributed by atoms with Crippen LogP contribution in [-0.4, -0.2) is 69.7 Å². The van der Waals surface area contributed by atoms with Crippen molar-refractivity contribution in [1.29, 1.82) is 0 Å². The van der Waals surface area contributed by atoms with Crippen molar-refractivity contribution in [2.45, 2.75) is 50.9 Å². The summed E-state index contributed by atoms with van der Waals surface area (Å²) in [6.07, 6.45) is 11.2. The molecule has 1 saturated heterocycles. The molecule has 0 spiro atoms. The minimum Gasteiger partial charge on any atom is -0.376 e. The molecule has 3 fully saturated rings. The average molecular weight is 411 g/mol. The van der Waals surface area contributed by atoms with Crippen LogP contribution in [0, 0.1) is 17.8 Å². The normalized spacial score (nSPS) is 29.4. The van der Waals surface area contributed by atoms with E-state index in [-0.39, 0.29) is 6.10 Å². The van der Waals surface area contributed by atoms with E-state index < -0.39 is 0 Å². The van der Waals surface area contributed by atoms with Crippen LogP contribution in [0.5, 0.6) is 0 Å². The molecule has 4 atom stereocenters. The second-order valence-corrected chi connectivity index (χ2v) is 9.86. The van der Waals surface area contributed by atoms with E-state index in [2.05, 4.69) is 56.1 Å². The fourth-order valence-electron chi connectivity index (χ4n) is 5.24. The van der Waals surface area contributed by atoms with Crippen molar-refractivity contribution >= 4 is 0 Å². The number of aromatic nitrogens is 4. The number of nitrogens with zero attached hydrogens (tertiary/aromatic N) is 6. The van der Waals surface area contributed by atoms with Gasteiger partial charge in [0.2, 0.25) is 0 Å². The second-order valence-electron chi connectivity index (χ2n) is 9.86. The summed E-state index contributed by atoms with van der Waals surface area (Å²) in [4.78, 5) is 9.02. The van der Waals surface area contributed by atoms with Crippen LogP contribution in [0.15, 0.2) is 30.7 Å². The molecule has 30 heavy (non-hydrogen) atoms. The highest BCUT2D eigenvalue weighted by Gasteiger charge is 2.44. The SMILES string of the molecule is CN(C)Cc1cn([C@@H]2C[C@@H]3CN(Cc4cccnc4)C[C@@H]3C[C@H]2OCC2CC2)nn1. The van der Waals surface area contributed by atoms with Gasteiger partial charge in [-0.3, -0.25) is 9.88 Å². The maximum atomic E-state index is 6.50. The first-order valence-corrected chi connectivity index (χ1v) is 11.4. The van der Waals surface area contributed by atoms with Crippen LogP contribution >= 0.6 is 0 Å². The van der Waals surface area contributed by atoms with Crippen molar-refractivity contribution in [3.05, 3.63) is 42.0 Å². The van der Waals surface area contributed by atoms with E-state index in [0.717, 1.165) is 50.7 Å². The van der Waals surface area contributed by atoms with E-state index in [1.54, 1.807) is 0 Å². The van der Waals surface area contributed by atoms with Gasteiger partial charge in [0.15, 0.2) is 0 Å². The first-order chi connectivity index (χ1) is 14.6. The molecule has 0 radical (unpaired) electrons. The Balaban J connectivity index is 1.28. The Kier molecular flexibility index (Phi) is 5.85. The van der Waals surface area contributed by atoms with Gasteiger partial charge in [-0.15, -0.1) is 5.10 Å². The van der Waals surface area contributed by atoms with Crippen molar-refractivity contribution in [3.8, 4) is 0 Å². The predicted molar refractivity (Wildman–Crippen MR) is 115 cm³/mol. The van der Waals surface area contributed by atoms with Crippen LogP contribution in [0.2, 0.25) is 0 Å². The Labute approximate surface area is 179 Å². The van der Waals surface area contributed by atoms with Crippen molar-refractivity contribution in [2.24, 2.45) is 17.8 Å². The first-order valence-electron chi connectivity index (χ1n) is 11.4. The molecule has 7 nitrogen and oxygen atoms in total. The van der Waals surface area contributed by atoms with Gasteiger partial charge in [0, 0.05) is 45.2 Å². The number of rotatable bonds is 8. The first kappa shape index (κ1) is 20.1. The van der Waals surface area contributed by atoms with Crippen molar-refractivity contribution < 1.29 is 4.74 Å². The van der Waals surface area contributed by atoms with Gasteiger partial charge in [0.25, 0.3) is 0 Å². The van der Waals surface area contributed by atoms with Gasteiger partial charge in [-0.2, -0.15) is 0 Å². The third kappa shape index (κ3) is 4.74. The average Bonchev–Trinajstić information content (AvgIpc) is 3.31. The molecule has 0 amide bonds. The summed E-state index contributed by atoms with van der Waals surface area (Å²) in [7, 11) is 4.14. The lowest BCUT2D eigenvalue weighted by atomic mass is 9.77. The standard InChI is InChI=1S/C23H34N6O/c1-27(2)14-21-15-29(26-25-21)22-8-19-12-28(11-18-4-3-7-24-10-18)13-20(19)9-23(22)30-16-17-5-6-17/h3-4,7,10,15,17,19-20,22-23H,5-6,8-9,11-14,16H2,1-2H3/t19-,20+,22-,23-/m1/s1. The van der Waals surface area contributed by atoms with Crippen molar-refractivity contribution in [1.82, 2.24) is 29.8 Å². The minimum atomic E-state index is 0.249. The Hall–Kier alpha value is -1.83. The molecule has 3 aliphatic rings. The summed E-state index contributed by atoms with van der Waals surface area (Å²) in [6, 6.07) is 4.51. The number of ether oxygens (including phenoxy) is 1. The fourth-order valence-corrected chi connectivity index (χ4v) is 5.24. The van der Waals surface area contributed by atoms with Crippen molar-refractivity contribution in [2.75, 3.05) is 33.8 Å². The molecular formula is C23H34N6O. The summed E-state index contributed by atoms with van der Waals surface area (Å²) in [5.74, 6) is 2.20. The van der Waals surface area contributed by atoms with Gasteiger partial charge in [-0.25, -0.2) is 4.68 Å². The summed E-state index contributed by atoms with van der Waals surface area (Å²) >= 11 is 0. The maximum Gasteiger partial charge on any atom is 0.0967 e. The van der Waals surface area contributed by atoms with Gasteiger partial charge < -0.3 is 9.64 Å². The van der Waals surface area contributed by atoms with Gasteiger partial charge in [0.05, 0.1) is 24.0 Å². The van der Waals surface area contributed by atoms with Crippen LogP contribution in [-0.2, 0) is 17.8 Å². The smallest absolute Gasteiger partial charge is 0.0967 e. The summed E-state index contributed by atoms with van der Waals surface area (Å²) in [6.45, 7) is 5.06. The van der Waals surface area contributed by atoms with Crippen molar-refractivity contribution in [3.63, 3.8) is 0 Å². The molecule has 162 valence electrons. The second kappa shape index (κ2) is 8.73. The monoisotopic (exact) mass is 410 g/mol. The maximum absolute atomic E-state index is 6.50. The van der Waals surface area contributed by atoms with E-state index in [4.69, 9.17) is 4.74 Å². The fraction of sp³-hybridized carbons (Fsp3) is 0.696. The van der Waals surface area contributed by atoms with E-state index >= 15 is 0 Å². The molecule has 0 bridgehead atoms. The number of hydrogen-bond acceptors (Lipinski definition) is 6. The highest BCUT2D eigenvalue weighted by atomic mass is 16.5. The summed E-state index contributed by atoms with van der Waals surface area (Å²) in [5, 5.41) is 8.95. The molecule has 2 saturated carbocycles. The molecule has 2 aromatic heterocycles. The van der Waals surface area contributed by atoms with Gasteiger partial charge in [-0.05, 0) is 69.2 Å². The van der Waals surface area contributed by atoms with Crippen LogP contribution < -0.4 is 0 Å². The Bertz CT molecular complexity index is 820. The zero-order chi connectivity index (χ0) is 20.5. The third-order valence-electron chi connectivity index (χ3n) is 6.91. The molecular weight excluding hydrogens is 376 g/mol. The largest absolute Gasteiger partial charge is 0.376 e. The molecule has 0 aromatic carbocycles. The molecule has 3 heterocycles. The number of fused-ring (bicyclic) bond motifs is 1. The third-order valence-corrected chi connectivity index (χ3v) is 6.91. The summed E-state index contributed by atoms with van der Waals surface area (Å²) < 4.78 is 8.61. The molecule has 5 rings (SSSR count). The number of pyridine rings is 1. The lowest BCUT2D eigenvalue weighted by Gasteiger charge is -2.37. The molecule has 2 aliphatic carbocycles. The Morgan fingerprint density at radius 1 is 1.17 bits per heavy atom. The van der Waals surface area contributed by atoms with Crippen LogP contribution in [0.3, 0.4) is 0 Å². The predicted octanol–water partition coefficient (Wildman–Crippen LogP) is 2.61. The molecule has 1 aliphatic heterocycles. The topological polar surface area (TPSA) is 59.3 Å². The quantitative estimate of drug-likeness (QED) is 0.667. The molecule has 0 unspecified atom stereocenters. The molecule has 7 heteroatoms. The number of hydrogen-bond donors (Lipinski definition) is 0. The Morgan fingerprint density at radius 2 is 2.00 bits per heavy atom. The van der Waals surface area contributed by atoms with Crippen LogP contribution in [0.25, 0.3) is 0 Å². The van der Waals surface area contributed by atoms with Gasteiger partial charge in [-0.1, -0.05) is 11.3 Å². The summed E-state index contributed by atoms with van der Waals surface area (Å²) in [5.41, 5.74) is 2.34. The van der Waals surface area contributed by atoms with Crippen LogP contribution in [0.4, 0.5) is 0 Å². The molecule has 2 aromatic rings. The highest BCUT2D eigenvalue weighted by Crippen LogP contribution is 2.43.